The molecule has 4 rings (SSSR count). The van der Waals surface area contributed by atoms with Crippen molar-refractivity contribution in [2.24, 2.45) is 0 Å². The number of carbonyl (C=O) groups excluding carboxylic acids is 2. The summed E-state index contributed by atoms with van der Waals surface area (Å²) >= 11 is 0. The number of carbonyl (C=O) groups is 2. The largest absolute Gasteiger partial charge is 0.495 e. The van der Waals surface area contributed by atoms with Gasteiger partial charge < -0.3 is 20.1 Å². The molecule has 0 spiro atoms. The van der Waals surface area contributed by atoms with Crippen molar-refractivity contribution in [3.63, 3.8) is 0 Å². The van der Waals surface area contributed by atoms with Crippen LogP contribution < -0.4 is 15.4 Å². The summed E-state index contributed by atoms with van der Waals surface area (Å²) in [6, 6.07) is 22.6. The van der Waals surface area contributed by atoms with Crippen LogP contribution in [0.1, 0.15) is 16.8 Å². The van der Waals surface area contributed by atoms with Crippen LogP contribution in [0.3, 0.4) is 0 Å². The first kappa shape index (κ1) is 23.5. The SMILES string of the molecule is COc1ccc(NC(=O)c2ccc(-c3ccccc3)cc2)cc1NC(=O)CN1CCCOCC1. The van der Waals surface area contributed by atoms with Crippen molar-refractivity contribution in [3.05, 3.63) is 78.4 Å². The lowest BCUT2D eigenvalue weighted by atomic mass is 10.0. The van der Waals surface area contributed by atoms with Crippen molar-refractivity contribution in [1.82, 2.24) is 4.90 Å². The third-order valence-corrected chi connectivity index (χ3v) is 5.67. The second kappa shape index (κ2) is 11.4. The maximum Gasteiger partial charge on any atom is 0.255 e. The molecule has 7 heteroatoms. The molecule has 7 nitrogen and oxygen atoms in total. The molecule has 2 N–H and O–H groups in total. The molecular weight excluding hydrogens is 430 g/mol. The fourth-order valence-electron chi connectivity index (χ4n) is 3.88. The molecule has 0 saturated carbocycles. The molecule has 1 aliphatic heterocycles. The van der Waals surface area contributed by atoms with Crippen molar-refractivity contribution in [3.8, 4) is 16.9 Å². The van der Waals surface area contributed by atoms with E-state index < -0.39 is 0 Å². The average molecular weight is 460 g/mol. The first-order valence-electron chi connectivity index (χ1n) is 11.4. The Morgan fingerprint density at radius 3 is 2.44 bits per heavy atom. The van der Waals surface area contributed by atoms with Crippen LogP contribution >= 0.6 is 0 Å². The topological polar surface area (TPSA) is 79.9 Å². The molecule has 1 heterocycles. The number of nitrogens with zero attached hydrogens (tertiary/aromatic N) is 1. The van der Waals surface area contributed by atoms with Gasteiger partial charge in [-0.1, -0.05) is 42.5 Å². The van der Waals surface area contributed by atoms with Gasteiger partial charge in [-0.2, -0.15) is 0 Å². The van der Waals surface area contributed by atoms with Gasteiger partial charge >= 0.3 is 0 Å². The van der Waals surface area contributed by atoms with Gasteiger partial charge in [0.05, 0.1) is 25.9 Å². The van der Waals surface area contributed by atoms with Crippen LogP contribution in [0.25, 0.3) is 11.1 Å². The highest BCUT2D eigenvalue weighted by Gasteiger charge is 2.16. The van der Waals surface area contributed by atoms with Crippen LogP contribution in [0, 0.1) is 0 Å². The summed E-state index contributed by atoms with van der Waals surface area (Å²) in [4.78, 5) is 27.5. The molecule has 3 aromatic carbocycles. The lowest BCUT2D eigenvalue weighted by molar-refractivity contribution is -0.117. The van der Waals surface area contributed by atoms with Gasteiger partial charge in [0.1, 0.15) is 5.75 Å². The predicted molar refractivity (Wildman–Crippen MR) is 133 cm³/mol. The molecule has 176 valence electrons. The second-order valence-corrected chi connectivity index (χ2v) is 8.10. The normalized spacial score (nSPS) is 14.1. The van der Waals surface area contributed by atoms with E-state index in [-0.39, 0.29) is 18.4 Å². The van der Waals surface area contributed by atoms with Crippen LogP contribution in [-0.2, 0) is 9.53 Å². The first-order chi connectivity index (χ1) is 16.6. The average Bonchev–Trinajstić information content (AvgIpc) is 3.13. The van der Waals surface area contributed by atoms with E-state index in [9.17, 15) is 9.59 Å². The Kier molecular flexibility index (Phi) is 7.91. The van der Waals surface area contributed by atoms with Crippen molar-refractivity contribution < 1.29 is 19.1 Å². The fraction of sp³-hybridized carbons (Fsp3) is 0.259. The standard InChI is InChI=1S/C27H29N3O4/c1-33-25-13-12-23(18-24(25)29-26(31)19-30-14-5-16-34-17-15-30)28-27(32)22-10-8-21(9-11-22)20-6-3-2-4-7-20/h2-4,6-13,18H,5,14-17,19H2,1H3,(H,28,32)(H,29,31). The van der Waals surface area contributed by atoms with Gasteiger partial charge in [-0.15, -0.1) is 0 Å². The first-order valence-corrected chi connectivity index (χ1v) is 11.4. The van der Waals surface area contributed by atoms with Crippen LogP contribution in [-0.4, -0.2) is 56.7 Å². The summed E-state index contributed by atoms with van der Waals surface area (Å²) in [6.45, 7) is 3.18. The summed E-state index contributed by atoms with van der Waals surface area (Å²) in [7, 11) is 1.55. The summed E-state index contributed by atoms with van der Waals surface area (Å²) in [5.41, 5.74) is 3.76. The third kappa shape index (κ3) is 6.21. The van der Waals surface area contributed by atoms with E-state index in [2.05, 4.69) is 15.5 Å². The lowest BCUT2D eigenvalue weighted by Gasteiger charge is -2.19. The highest BCUT2D eigenvalue weighted by Crippen LogP contribution is 2.28. The highest BCUT2D eigenvalue weighted by atomic mass is 16.5. The maximum atomic E-state index is 12.8. The van der Waals surface area contributed by atoms with Gasteiger partial charge in [-0.25, -0.2) is 0 Å². The Hall–Kier alpha value is -3.68. The van der Waals surface area contributed by atoms with E-state index in [0.29, 0.717) is 29.3 Å². The Morgan fingerprint density at radius 2 is 1.68 bits per heavy atom. The van der Waals surface area contributed by atoms with Gasteiger partial charge in [-0.05, 0) is 47.9 Å². The molecule has 0 unspecified atom stereocenters. The molecule has 0 aliphatic carbocycles. The molecule has 34 heavy (non-hydrogen) atoms. The lowest BCUT2D eigenvalue weighted by Crippen LogP contribution is -2.35. The maximum absolute atomic E-state index is 12.8. The van der Waals surface area contributed by atoms with Crippen molar-refractivity contribution in [1.29, 1.82) is 0 Å². The van der Waals surface area contributed by atoms with E-state index in [1.807, 2.05) is 42.5 Å². The Balaban J connectivity index is 1.41. The van der Waals surface area contributed by atoms with Crippen LogP contribution in [0.5, 0.6) is 5.75 Å². The summed E-state index contributed by atoms with van der Waals surface area (Å²) in [6.07, 6.45) is 0.907. The van der Waals surface area contributed by atoms with Crippen molar-refractivity contribution >= 4 is 23.2 Å². The predicted octanol–water partition coefficient (Wildman–Crippen LogP) is 4.28. The molecule has 0 aromatic heterocycles. The smallest absolute Gasteiger partial charge is 0.255 e. The second-order valence-electron chi connectivity index (χ2n) is 8.10. The number of rotatable bonds is 7. The number of anilines is 2. The molecule has 0 atom stereocenters. The van der Waals surface area contributed by atoms with E-state index >= 15 is 0 Å². The number of ether oxygens (including phenoxy) is 2. The number of amides is 2. The van der Waals surface area contributed by atoms with Gasteiger partial charge in [0.25, 0.3) is 5.91 Å². The van der Waals surface area contributed by atoms with Crippen LogP contribution in [0.4, 0.5) is 11.4 Å². The Morgan fingerprint density at radius 1 is 0.912 bits per heavy atom. The minimum Gasteiger partial charge on any atom is -0.495 e. The van der Waals surface area contributed by atoms with E-state index in [1.165, 1.54) is 0 Å². The molecule has 1 saturated heterocycles. The molecule has 2 amide bonds. The Labute approximate surface area is 199 Å². The highest BCUT2D eigenvalue weighted by molar-refractivity contribution is 6.05. The number of nitrogens with one attached hydrogen (secondary N) is 2. The molecule has 3 aromatic rings. The number of methoxy groups -OCH3 is 1. The molecular formula is C27H29N3O4. The summed E-state index contributed by atoms with van der Waals surface area (Å²) < 4.78 is 10.8. The number of hydrogen-bond donors (Lipinski definition) is 2. The zero-order valence-electron chi connectivity index (χ0n) is 19.3. The molecule has 0 bridgehead atoms. The zero-order chi connectivity index (χ0) is 23.8. The van der Waals surface area contributed by atoms with Crippen molar-refractivity contribution in [2.75, 3.05) is 50.6 Å². The fourth-order valence-corrected chi connectivity index (χ4v) is 3.88. The van der Waals surface area contributed by atoms with Gasteiger partial charge in [0.2, 0.25) is 5.91 Å². The zero-order valence-corrected chi connectivity index (χ0v) is 19.3. The van der Waals surface area contributed by atoms with E-state index in [1.54, 1.807) is 37.4 Å². The van der Waals surface area contributed by atoms with E-state index in [4.69, 9.17) is 9.47 Å². The van der Waals surface area contributed by atoms with Gasteiger partial charge in [0, 0.05) is 30.9 Å². The summed E-state index contributed by atoms with van der Waals surface area (Å²) in [5, 5.41) is 5.81. The third-order valence-electron chi connectivity index (χ3n) is 5.67. The molecule has 0 radical (unpaired) electrons. The van der Waals surface area contributed by atoms with Crippen molar-refractivity contribution in [2.45, 2.75) is 6.42 Å². The molecule has 1 aliphatic rings. The van der Waals surface area contributed by atoms with E-state index in [0.717, 1.165) is 37.2 Å². The van der Waals surface area contributed by atoms with Crippen LogP contribution in [0.15, 0.2) is 72.8 Å². The quantitative estimate of drug-likeness (QED) is 0.552. The number of hydrogen-bond acceptors (Lipinski definition) is 5. The van der Waals surface area contributed by atoms with Gasteiger partial charge in [0.15, 0.2) is 0 Å². The minimum absolute atomic E-state index is 0.139. The Bertz CT molecular complexity index is 1110. The summed E-state index contributed by atoms with van der Waals surface area (Å²) in [5.74, 6) is 0.157. The van der Waals surface area contributed by atoms with Crippen LogP contribution in [0.2, 0.25) is 0 Å². The molecule has 1 fully saturated rings. The van der Waals surface area contributed by atoms with Gasteiger partial charge in [-0.3, -0.25) is 14.5 Å². The minimum atomic E-state index is -0.230. The number of benzene rings is 3. The monoisotopic (exact) mass is 459 g/mol.